The molecule has 0 radical (unpaired) electrons. The van der Waals surface area contributed by atoms with Crippen LogP contribution in [0.3, 0.4) is 0 Å². The van der Waals surface area contributed by atoms with Crippen LogP contribution in [0.1, 0.15) is 29.7 Å². The van der Waals surface area contributed by atoms with Crippen LogP contribution in [-0.4, -0.2) is 26.2 Å². The first-order valence-electron chi connectivity index (χ1n) is 7.89. The summed E-state index contributed by atoms with van der Waals surface area (Å²) in [5.41, 5.74) is 7.20. The maximum absolute atomic E-state index is 5.90. The van der Waals surface area contributed by atoms with Gasteiger partial charge in [0.05, 0.1) is 7.11 Å². The number of ether oxygens (including phenoxy) is 1. The first kappa shape index (κ1) is 20.8. The van der Waals surface area contributed by atoms with E-state index in [1.807, 2.05) is 12.1 Å². The standard InChI is InChI=1S/C18H25N3OS.HI/c1-14(15-5-7-16(22-2)8-6-15)9-11-20-18(19)21-12-10-17-4-3-13-23-17;/h3-8,13-14H,9-12H2,1-2H3,(H3,19,20,21);1H. The Morgan fingerprint density at radius 1 is 1.29 bits per heavy atom. The van der Waals surface area contributed by atoms with Gasteiger partial charge in [0, 0.05) is 18.0 Å². The zero-order valence-corrected chi connectivity index (χ0v) is 17.3. The highest BCUT2D eigenvalue weighted by Gasteiger charge is 2.05. The van der Waals surface area contributed by atoms with E-state index in [1.165, 1.54) is 10.4 Å². The van der Waals surface area contributed by atoms with Gasteiger partial charge in [0.25, 0.3) is 0 Å². The second-order valence-corrected chi connectivity index (χ2v) is 6.52. The van der Waals surface area contributed by atoms with E-state index >= 15 is 0 Å². The molecule has 0 aliphatic carbocycles. The van der Waals surface area contributed by atoms with Crippen LogP contribution in [0.5, 0.6) is 5.75 Å². The molecule has 1 aromatic heterocycles. The highest BCUT2D eigenvalue weighted by Crippen LogP contribution is 2.21. The summed E-state index contributed by atoms with van der Waals surface area (Å²) in [4.78, 5) is 5.76. The van der Waals surface area contributed by atoms with Gasteiger partial charge in [-0.15, -0.1) is 35.3 Å². The number of nitrogens with two attached hydrogens (primary N) is 1. The molecule has 0 saturated heterocycles. The van der Waals surface area contributed by atoms with Crippen LogP contribution in [-0.2, 0) is 6.42 Å². The summed E-state index contributed by atoms with van der Waals surface area (Å²) in [7, 11) is 1.68. The lowest BCUT2D eigenvalue weighted by Crippen LogP contribution is -2.33. The minimum Gasteiger partial charge on any atom is -0.497 e. The maximum Gasteiger partial charge on any atom is 0.188 e. The van der Waals surface area contributed by atoms with Crippen molar-refractivity contribution in [2.75, 3.05) is 20.2 Å². The van der Waals surface area contributed by atoms with Crippen molar-refractivity contribution in [3.8, 4) is 5.75 Å². The number of thiophene rings is 1. The number of nitrogens with one attached hydrogen (secondary N) is 1. The molecule has 0 amide bonds. The summed E-state index contributed by atoms with van der Waals surface area (Å²) < 4.78 is 5.18. The molecule has 132 valence electrons. The van der Waals surface area contributed by atoms with E-state index in [1.54, 1.807) is 18.4 Å². The van der Waals surface area contributed by atoms with Crippen molar-refractivity contribution < 1.29 is 4.74 Å². The SMILES string of the molecule is COc1ccc(C(C)CCN=C(N)NCCc2cccs2)cc1.I. The molecule has 0 spiro atoms. The van der Waals surface area contributed by atoms with Gasteiger partial charge in [0.2, 0.25) is 0 Å². The summed E-state index contributed by atoms with van der Waals surface area (Å²) in [5.74, 6) is 1.87. The van der Waals surface area contributed by atoms with E-state index in [2.05, 4.69) is 46.9 Å². The first-order chi connectivity index (χ1) is 11.2. The normalized spacial score (nSPS) is 12.3. The smallest absolute Gasteiger partial charge is 0.188 e. The molecule has 0 bridgehead atoms. The molecule has 1 unspecified atom stereocenters. The summed E-state index contributed by atoms with van der Waals surface area (Å²) in [6.07, 6.45) is 1.95. The molecule has 2 rings (SSSR count). The van der Waals surface area contributed by atoms with Crippen molar-refractivity contribution in [2.24, 2.45) is 10.7 Å². The summed E-state index contributed by atoms with van der Waals surface area (Å²) in [6.45, 7) is 3.76. The molecule has 0 aliphatic rings. The lowest BCUT2D eigenvalue weighted by Gasteiger charge is -2.11. The molecule has 24 heavy (non-hydrogen) atoms. The molecule has 1 aromatic carbocycles. The van der Waals surface area contributed by atoms with E-state index in [0.717, 1.165) is 31.7 Å². The van der Waals surface area contributed by atoms with Crippen molar-refractivity contribution in [2.45, 2.75) is 25.7 Å². The Morgan fingerprint density at radius 3 is 2.67 bits per heavy atom. The van der Waals surface area contributed by atoms with Crippen molar-refractivity contribution in [3.05, 3.63) is 52.2 Å². The van der Waals surface area contributed by atoms with Crippen molar-refractivity contribution in [3.63, 3.8) is 0 Å². The average Bonchev–Trinajstić information content (AvgIpc) is 3.08. The predicted molar refractivity (Wildman–Crippen MR) is 114 cm³/mol. The van der Waals surface area contributed by atoms with E-state index < -0.39 is 0 Å². The Hall–Kier alpha value is -1.28. The lowest BCUT2D eigenvalue weighted by atomic mass is 9.98. The number of methoxy groups -OCH3 is 1. The van der Waals surface area contributed by atoms with E-state index in [0.29, 0.717) is 11.9 Å². The second-order valence-electron chi connectivity index (χ2n) is 5.49. The van der Waals surface area contributed by atoms with Crippen LogP contribution in [0.4, 0.5) is 0 Å². The second kappa shape index (κ2) is 11.3. The largest absolute Gasteiger partial charge is 0.497 e. The first-order valence-corrected chi connectivity index (χ1v) is 8.77. The molecule has 1 atom stereocenters. The fraction of sp³-hybridized carbons (Fsp3) is 0.389. The van der Waals surface area contributed by atoms with Gasteiger partial charge in [-0.3, -0.25) is 4.99 Å². The zero-order chi connectivity index (χ0) is 16.5. The third-order valence-electron chi connectivity index (χ3n) is 3.79. The van der Waals surface area contributed by atoms with Gasteiger partial charge < -0.3 is 15.8 Å². The number of halogens is 1. The van der Waals surface area contributed by atoms with Gasteiger partial charge in [-0.1, -0.05) is 25.1 Å². The van der Waals surface area contributed by atoms with Gasteiger partial charge in [-0.2, -0.15) is 0 Å². The van der Waals surface area contributed by atoms with Gasteiger partial charge in [0.15, 0.2) is 5.96 Å². The molecule has 3 N–H and O–H groups in total. The average molecular weight is 459 g/mol. The summed E-state index contributed by atoms with van der Waals surface area (Å²) >= 11 is 1.77. The van der Waals surface area contributed by atoms with Crippen LogP contribution in [0.25, 0.3) is 0 Å². The number of rotatable bonds is 8. The Labute approximate surface area is 165 Å². The quantitative estimate of drug-likeness (QED) is 0.356. The van der Waals surface area contributed by atoms with Crippen molar-refractivity contribution in [1.29, 1.82) is 0 Å². The highest BCUT2D eigenvalue weighted by atomic mass is 127. The van der Waals surface area contributed by atoms with Crippen molar-refractivity contribution in [1.82, 2.24) is 5.32 Å². The highest BCUT2D eigenvalue weighted by molar-refractivity contribution is 14.0. The molecule has 6 heteroatoms. The molecule has 0 fully saturated rings. The molecular weight excluding hydrogens is 433 g/mol. The number of benzene rings is 1. The third-order valence-corrected chi connectivity index (χ3v) is 4.72. The Bertz CT molecular complexity index is 599. The van der Waals surface area contributed by atoms with Gasteiger partial charge in [0.1, 0.15) is 5.75 Å². The van der Waals surface area contributed by atoms with Gasteiger partial charge >= 0.3 is 0 Å². The number of hydrogen-bond donors (Lipinski definition) is 2. The molecular formula is C18H26IN3OS. The number of aliphatic imine (C=N–C) groups is 1. The third kappa shape index (κ3) is 7.09. The molecule has 0 saturated carbocycles. The van der Waals surface area contributed by atoms with Gasteiger partial charge in [-0.25, -0.2) is 0 Å². The minimum absolute atomic E-state index is 0. The van der Waals surface area contributed by atoms with E-state index in [9.17, 15) is 0 Å². The summed E-state index contributed by atoms with van der Waals surface area (Å²) in [6, 6.07) is 12.4. The molecule has 1 heterocycles. The predicted octanol–water partition coefficient (Wildman–Crippen LogP) is 4.02. The topological polar surface area (TPSA) is 59.6 Å². The molecule has 0 aliphatic heterocycles. The fourth-order valence-corrected chi connectivity index (χ4v) is 3.01. The minimum atomic E-state index is 0. The van der Waals surface area contributed by atoms with Crippen LogP contribution < -0.4 is 15.8 Å². The van der Waals surface area contributed by atoms with Gasteiger partial charge in [-0.05, 0) is 47.9 Å². The number of hydrogen-bond acceptors (Lipinski definition) is 3. The monoisotopic (exact) mass is 459 g/mol. The molecule has 2 aromatic rings. The van der Waals surface area contributed by atoms with Crippen molar-refractivity contribution >= 4 is 41.3 Å². The van der Waals surface area contributed by atoms with Crippen LogP contribution in [0, 0.1) is 0 Å². The lowest BCUT2D eigenvalue weighted by molar-refractivity contribution is 0.414. The van der Waals surface area contributed by atoms with Crippen LogP contribution in [0.15, 0.2) is 46.8 Å². The number of guanidine groups is 1. The Balaban J connectivity index is 0.00000288. The molecule has 4 nitrogen and oxygen atoms in total. The Kier molecular flexibility index (Phi) is 9.78. The fourth-order valence-electron chi connectivity index (χ4n) is 2.30. The Morgan fingerprint density at radius 2 is 2.04 bits per heavy atom. The number of nitrogens with zero attached hydrogens (tertiary/aromatic N) is 1. The van der Waals surface area contributed by atoms with E-state index in [4.69, 9.17) is 10.5 Å². The summed E-state index contributed by atoms with van der Waals surface area (Å²) in [5, 5.41) is 5.26. The maximum atomic E-state index is 5.90. The van der Waals surface area contributed by atoms with Crippen LogP contribution in [0.2, 0.25) is 0 Å². The van der Waals surface area contributed by atoms with E-state index in [-0.39, 0.29) is 24.0 Å². The van der Waals surface area contributed by atoms with Crippen LogP contribution >= 0.6 is 35.3 Å². The zero-order valence-electron chi connectivity index (χ0n) is 14.2.